The highest BCUT2D eigenvalue weighted by Crippen LogP contribution is 2.19. The Labute approximate surface area is 95.9 Å². The lowest BCUT2D eigenvalue weighted by Gasteiger charge is -1.98. The summed E-state index contributed by atoms with van der Waals surface area (Å²) < 4.78 is 0.547. The molecule has 1 heterocycles. The summed E-state index contributed by atoms with van der Waals surface area (Å²) in [6.45, 7) is 0. The van der Waals surface area contributed by atoms with E-state index in [1.165, 1.54) is 12.1 Å². The number of rotatable bonds is 2. The fraction of sp³-hybridized carbons (Fsp3) is 0. The van der Waals surface area contributed by atoms with Crippen LogP contribution in [0.4, 0.5) is 5.69 Å². The number of non-ortho nitro benzene ring substituents is 1. The van der Waals surface area contributed by atoms with Crippen LogP contribution in [0.25, 0.3) is 11.3 Å². The lowest BCUT2D eigenvalue weighted by Crippen LogP contribution is -1.89. The van der Waals surface area contributed by atoms with Crippen LogP contribution in [-0.4, -0.2) is 15.1 Å². The van der Waals surface area contributed by atoms with Crippen molar-refractivity contribution in [3.05, 3.63) is 51.2 Å². The summed E-state index contributed by atoms with van der Waals surface area (Å²) in [5.41, 5.74) is 1.56. The minimum atomic E-state index is -0.435. The first-order valence-electron chi connectivity index (χ1n) is 4.47. The zero-order chi connectivity index (χ0) is 11.5. The molecule has 0 fully saturated rings. The molecule has 5 nitrogen and oxygen atoms in total. The van der Waals surface area contributed by atoms with Gasteiger partial charge in [-0.1, -0.05) is 12.2 Å². The second kappa shape index (κ2) is 4.19. The van der Waals surface area contributed by atoms with E-state index in [4.69, 9.17) is 12.2 Å². The minimum absolute atomic E-state index is 0.0626. The van der Waals surface area contributed by atoms with Gasteiger partial charge < -0.3 is 0 Å². The SMILES string of the molecule is O=[N+]([O-])c1ccc(-c2ccc(=S)[nH]n2)cc1. The van der Waals surface area contributed by atoms with Crippen LogP contribution in [0.2, 0.25) is 0 Å². The van der Waals surface area contributed by atoms with Crippen LogP contribution < -0.4 is 0 Å². The zero-order valence-corrected chi connectivity index (χ0v) is 8.90. The van der Waals surface area contributed by atoms with E-state index in [9.17, 15) is 10.1 Å². The third-order valence-electron chi connectivity index (χ3n) is 2.05. The number of hydrogen-bond donors (Lipinski definition) is 1. The molecule has 0 saturated carbocycles. The number of hydrogen-bond acceptors (Lipinski definition) is 4. The highest BCUT2D eigenvalue weighted by molar-refractivity contribution is 7.71. The van der Waals surface area contributed by atoms with Crippen molar-refractivity contribution >= 4 is 17.9 Å². The van der Waals surface area contributed by atoms with Gasteiger partial charge in [-0.3, -0.25) is 15.2 Å². The number of H-pyrrole nitrogens is 1. The molecule has 0 amide bonds. The minimum Gasteiger partial charge on any atom is -0.267 e. The molecule has 0 atom stereocenters. The Morgan fingerprint density at radius 3 is 2.38 bits per heavy atom. The molecule has 0 aliphatic carbocycles. The number of aromatic nitrogens is 2. The predicted molar refractivity (Wildman–Crippen MR) is 61.5 cm³/mol. The second-order valence-electron chi connectivity index (χ2n) is 3.11. The number of nitrogens with zero attached hydrogens (tertiary/aromatic N) is 2. The smallest absolute Gasteiger partial charge is 0.267 e. The van der Waals surface area contributed by atoms with Crippen molar-refractivity contribution in [2.45, 2.75) is 0 Å². The van der Waals surface area contributed by atoms with Crippen molar-refractivity contribution in [1.29, 1.82) is 0 Å². The topological polar surface area (TPSA) is 71.8 Å². The van der Waals surface area contributed by atoms with E-state index >= 15 is 0 Å². The van der Waals surface area contributed by atoms with Crippen molar-refractivity contribution in [1.82, 2.24) is 10.2 Å². The molecule has 2 rings (SSSR count). The van der Waals surface area contributed by atoms with Gasteiger partial charge in [-0.25, -0.2) is 0 Å². The van der Waals surface area contributed by atoms with Crippen molar-refractivity contribution < 1.29 is 4.92 Å². The van der Waals surface area contributed by atoms with Crippen molar-refractivity contribution in [2.75, 3.05) is 0 Å². The number of nitro benzene ring substituents is 1. The lowest BCUT2D eigenvalue weighted by molar-refractivity contribution is -0.384. The van der Waals surface area contributed by atoms with Gasteiger partial charge in [0, 0.05) is 17.7 Å². The molecule has 0 radical (unpaired) electrons. The highest BCUT2D eigenvalue weighted by atomic mass is 32.1. The maximum absolute atomic E-state index is 10.5. The predicted octanol–water partition coefficient (Wildman–Crippen LogP) is 2.71. The van der Waals surface area contributed by atoms with Crippen LogP contribution in [0.5, 0.6) is 0 Å². The summed E-state index contributed by atoms with van der Waals surface area (Å²) in [7, 11) is 0. The standard InChI is InChI=1S/C10H7N3O2S/c14-13(15)8-3-1-7(2-4-8)9-5-6-10(16)12-11-9/h1-6H,(H,12,16). The molecule has 16 heavy (non-hydrogen) atoms. The summed E-state index contributed by atoms with van der Waals surface area (Å²) in [5, 5.41) is 17.2. The van der Waals surface area contributed by atoms with Crippen LogP contribution in [0.1, 0.15) is 0 Å². The fourth-order valence-electron chi connectivity index (χ4n) is 1.26. The summed E-state index contributed by atoms with van der Waals surface area (Å²) in [5.74, 6) is 0. The average molecular weight is 233 g/mol. The van der Waals surface area contributed by atoms with Gasteiger partial charge in [0.1, 0.15) is 4.64 Å². The van der Waals surface area contributed by atoms with Crippen LogP contribution in [0.3, 0.4) is 0 Å². The molecule has 0 unspecified atom stereocenters. The van der Waals surface area contributed by atoms with Gasteiger partial charge >= 0.3 is 0 Å². The largest absolute Gasteiger partial charge is 0.269 e. The van der Waals surface area contributed by atoms with Crippen LogP contribution in [0, 0.1) is 14.8 Å². The van der Waals surface area contributed by atoms with Crippen LogP contribution in [0.15, 0.2) is 36.4 Å². The molecule has 2 aromatic rings. The van der Waals surface area contributed by atoms with E-state index < -0.39 is 4.92 Å². The summed E-state index contributed by atoms with van der Waals surface area (Å²) >= 11 is 4.87. The van der Waals surface area contributed by atoms with E-state index in [1.807, 2.05) is 0 Å². The van der Waals surface area contributed by atoms with Gasteiger partial charge in [0.15, 0.2) is 0 Å². The van der Waals surface area contributed by atoms with Gasteiger partial charge in [0.2, 0.25) is 0 Å². The van der Waals surface area contributed by atoms with Gasteiger partial charge in [-0.15, -0.1) is 0 Å². The molecule has 0 bridgehead atoms. The molecule has 6 heteroatoms. The van der Waals surface area contributed by atoms with E-state index in [1.54, 1.807) is 24.3 Å². The Bertz CT molecular complexity index is 557. The van der Waals surface area contributed by atoms with Gasteiger partial charge in [-0.2, -0.15) is 5.10 Å². The number of aromatic amines is 1. The van der Waals surface area contributed by atoms with Crippen molar-refractivity contribution in [3.8, 4) is 11.3 Å². The second-order valence-corrected chi connectivity index (χ2v) is 3.55. The summed E-state index contributed by atoms with van der Waals surface area (Å²) in [4.78, 5) is 10.0. The van der Waals surface area contributed by atoms with E-state index in [2.05, 4.69) is 10.2 Å². The van der Waals surface area contributed by atoms with Crippen LogP contribution in [-0.2, 0) is 0 Å². The van der Waals surface area contributed by atoms with Gasteiger partial charge in [0.25, 0.3) is 5.69 Å². The average Bonchev–Trinajstić information content (AvgIpc) is 2.30. The molecule has 1 aromatic heterocycles. The first-order chi connectivity index (χ1) is 7.66. The van der Waals surface area contributed by atoms with Crippen molar-refractivity contribution in [3.63, 3.8) is 0 Å². The van der Waals surface area contributed by atoms with Gasteiger partial charge in [-0.05, 0) is 24.3 Å². The Kier molecular flexibility index (Phi) is 2.74. The zero-order valence-electron chi connectivity index (χ0n) is 8.08. The monoisotopic (exact) mass is 233 g/mol. The Morgan fingerprint density at radius 1 is 1.19 bits per heavy atom. The van der Waals surface area contributed by atoms with Crippen LogP contribution >= 0.6 is 12.2 Å². The Balaban J connectivity index is 2.38. The maximum Gasteiger partial charge on any atom is 0.269 e. The summed E-state index contributed by atoms with van der Waals surface area (Å²) in [6.07, 6.45) is 0. The number of nitro groups is 1. The molecule has 0 aliphatic heterocycles. The molecule has 0 spiro atoms. The molecule has 1 aromatic carbocycles. The highest BCUT2D eigenvalue weighted by Gasteiger charge is 2.05. The molecule has 0 aliphatic rings. The first-order valence-corrected chi connectivity index (χ1v) is 4.88. The summed E-state index contributed by atoms with van der Waals surface area (Å²) in [6, 6.07) is 9.67. The van der Waals surface area contributed by atoms with Gasteiger partial charge in [0.05, 0.1) is 10.6 Å². The quantitative estimate of drug-likeness (QED) is 0.491. The molecular formula is C10H7N3O2S. The normalized spacial score (nSPS) is 10.0. The lowest BCUT2D eigenvalue weighted by atomic mass is 10.1. The Morgan fingerprint density at radius 2 is 1.88 bits per heavy atom. The molecule has 80 valence electrons. The molecular weight excluding hydrogens is 226 g/mol. The molecule has 0 saturated heterocycles. The fourth-order valence-corrected chi connectivity index (χ4v) is 1.37. The Hall–Kier alpha value is -2.08. The number of nitrogens with one attached hydrogen (secondary N) is 1. The third kappa shape index (κ3) is 2.12. The molecule has 1 N–H and O–H groups in total. The van der Waals surface area contributed by atoms with E-state index in [0.717, 1.165) is 5.56 Å². The van der Waals surface area contributed by atoms with E-state index in [-0.39, 0.29) is 5.69 Å². The third-order valence-corrected chi connectivity index (χ3v) is 2.28. The van der Waals surface area contributed by atoms with Crippen molar-refractivity contribution in [2.24, 2.45) is 0 Å². The maximum atomic E-state index is 10.5. The first kappa shape index (κ1) is 10.4. The van der Waals surface area contributed by atoms with E-state index in [0.29, 0.717) is 10.3 Å². The number of benzene rings is 1.